The van der Waals surface area contributed by atoms with Gasteiger partial charge in [-0.3, -0.25) is 4.79 Å². The minimum Gasteiger partial charge on any atom is -0.348 e. The van der Waals surface area contributed by atoms with Crippen LogP contribution in [0.3, 0.4) is 0 Å². The molecule has 0 saturated carbocycles. The highest BCUT2D eigenvalue weighted by atomic mass is 32.1. The van der Waals surface area contributed by atoms with Gasteiger partial charge in [0.15, 0.2) is 0 Å². The van der Waals surface area contributed by atoms with E-state index >= 15 is 0 Å². The number of rotatable bonds is 2. The lowest BCUT2D eigenvalue weighted by Gasteiger charge is -2.23. The Morgan fingerprint density at radius 3 is 3.00 bits per heavy atom. The van der Waals surface area contributed by atoms with Crippen LogP contribution < -0.4 is 10.6 Å². The molecule has 0 spiro atoms. The molecule has 1 aliphatic rings. The van der Waals surface area contributed by atoms with Crippen molar-refractivity contribution in [2.45, 2.75) is 18.9 Å². The quantitative estimate of drug-likeness (QED) is 0.725. The summed E-state index contributed by atoms with van der Waals surface area (Å²) < 4.78 is 3.65. The molecule has 0 bridgehead atoms. The van der Waals surface area contributed by atoms with Gasteiger partial charge >= 0.3 is 0 Å². The van der Waals surface area contributed by atoms with E-state index in [9.17, 15) is 4.79 Å². The smallest absolute Gasteiger partial charge is 0.264 e. The zero-order valence-corrected chi connectivity index (χ0v) is 8.51. The highest BCUT2D eigenvalue weighted by Crippen LogP contribution is 2.06. The van der Waals surface area contributed by atoms with E-state index < -0.39 is 0 Å². The molecular weight excluding hydrogens is 200 g/mol. The molecule has 2 heterocycles. The molecule has 1 aromatic heterocycles. The van der Waals surface area contributed by atoms with Crippen molar-refractivity contribution in [1.29, 1.82) is 0 Å². The van der Waals surface area contributed by atoms with Crippen molar-refractivity contribution in [3.8, 4) is 0 Å². The molecule has 0 aliphatic carbocycles. The van der Waals surface area contributed by atoms with Gasteiger partial charge in [0, 0.05) is 6.04 Å². The van der Waals surface area contributed by atoms with E-state index in [0.717, 1.165) is 37.5 Å². The molecule has 0 aromatic carbocycles. The number of aromatic nitrogens is 2. The van der Waals surface area contributed by atoms with Crippen molar-refractivity contribution in [2.24, 2.45) is 0 Å². The Hall–Kier alpha value is -1.01. The Labute approximate surface area is 86.1 Å². The van der Waals surface area contributed by atoms with Crippen LogP contribution in [0.4, 0.5) is 0 Å². The zero-order valence-electron chi connectivity index (χ0n) is 7.69. The lowest BCUT2D eigenvalue weighted by molar-refractivity contribution is 0.0933. The third kappa shape index (κ3) is 2.27. The molecule has 1 aliphatic heterocycles. The van der Waals surface area contributed by atoms with Crippen LogP contribution in [0.5, 0.6) is 0 Å². The normalized spacial score (nSPS) is 18.0. The summed E-state index contributed by atoms with van der Waals surface area (Å²) in [5, 5.41) is 9.85. The fraction of sp³-hybridized carbons (Fsp3) is 0.625. The highest BCUT2D eigenvalue weighted by molar-refractivity contribution is 7.07. The van der Waals surface area contributed by atoms with Crippen LogP contribution in [0.25, 0.3) is 0 Å². The molecule has 2 rings (SSSR count). The van der Waals surface area contributed by atoms with Crippen LogP contribution >= 0.6 is 11.5 Å². The lowest BCUT2D eigenvalue weighted by atomic mass is 10.1. The Bertz CT molecular complexity index is 294. The summed E-state index contributed by atoms with van der Waals surface area (Å²) in [7, 11) is 0. The van der Waals surface area contributed by atoms with Crippen LogP contribution in [0.15, 0.2) is 6.20 Å². The van der Waals surface area contributed by atoms with Gasteiger partial charge < -0.3 is 10.6 Å². The Balaban J connectivity index is 1.87. The summed E-state index contributed by atoms with van der Waals surface area (Å²) >= 11 is 1.13. The number of carbonyl (C=O) groups is 1. The van der Waals surface area contributed by atoms with Crippen molar-refractivity contribution < 1.29 is 4.79 Å². The van der Waals surface area contributed by atoms with Crippen LogP contribution in [0.2, 0.25) is 0 Å². The first-order chi connectivity index (χ1) is 6.86. The fourth-order valence-electron chi connectivity index (χ4n) is 1.49. The van der Waals surface area contributed by atoms with Gasteiger partial charge in [0.25, 0.3) is 5.91 Å². The van der Waals surface area contributed by atoms with E-state index in [1.807, 2.05) is 0 Å². The summed E-state index contributed by atoms with van der Waals surface area (Å²) in [5.41, 5.74) is 0. The van der Waals surface area contributed by atoms with E-state index in [1.54, 1.807) is 0 Å². The summed E-state index contributed by atoms with van der Waals surface area (Å²) in [6.07, 6.45) is 3.50. The second-order valence-corrected chi connectivity index (χ2v) is 4.07. The lowest BCUT2D eigenvalue weighted by Crippen LogP contribution is -2.42. The standard InChI is InChI=1S/C8H12N4OS/c13-8(7-5-10-12-14-7)11-6-1-3-9-4-2-6/h5-6,9H,1-4H2,(H,11,13). The minimum absolute atomic E-state index is 0.0492. The molecule has 0 atom stereocenters. The van der Waals surface area contributed by atoms with Gasteiger partial charge in [0.1, 0.15) is 4.88 Å². The zero-order chi connectivity index (χ0) is 9.80. The molecule has 14 heavy (non-hydrogen) atoms. The SMILES string of the molecule is O=C(NC1CCNCC1)c1cnns1. The van der Waals surface area contributed by atoms with Crippen molar-refractivity contribution >= 4 is 17.4 Å². The summed E-state index contributed by atoms with van der Waals surface area (Å²) in [6.45, 7) is 1.96. The average molecular weight is 212 g/mol. The van der Waals surface area contributed by atoms with E-state index in [0.29, 0.717) is 10.9 Å². The van der Waals surface area contributed by atoms with Crippen LogP contribution in [-0.2, 0) is 0 Å². The van der Waals surface area contributed by atoms with Gasteiger partial charge in [-0.05, 0) is 37.5 Å². The average Bonchev–Trinajstić information content (AvgIpc) is 2.72. The molecule has 6 heteroatoms. The number of piperidine rings is 1. The maximum absolute atomic E-state index is 11.6. The molecule has 1 amide bonds. The first-order valence-corrected chi connectivity index (χ1v) is 5.42. The van der Waals surface area contributed by atoms with Gasteiger partial charge in [-0.25, -0.2) is 0 Å². The van der Waals surface area contributed by atoms with Crippen LogP contribution in [0.1, 0.15) is 22.5 Å². The molecule has 76 valence electrons. The second-order valence-electron chi connectivity index (χ2n) is 3.28. The largest absolute Gasteiger partial charge is 0.348 e. The maximum atomic E-state index is 11.6. The second kappa shape index (κ2) is 4.47. The van der Waals surface area contributed by atoms with E-state index in [1.165, 1.54) is 6.20 Å². The predicted octanol–water partition coefficient (Wildman–Crippen LogP) is 0.0199. The van der Waals surface area contributed by atoms with Crippen molar-refractivity contribution in [2.75, 3.05) is 13.1 Å². The number of hydrogen-bond acceptors (Lipinski definition) is 5. The first kappa shape index (κ1) is 9.54. The number of hydrogen-bond donors (Lipinski definition) is 2. The van der Waals surface area contributed by atoms with E-state index in [2.05, 4.69) is 20.2 Å². The molecular formula is C8H12N4OS. The number of carbonyl (C=O) groups excluding carboxylic acids is 1. The fourth-order valence-corrected chi connectivity index (χ4v) is 1.91. The number of amides is 1. The van der Waals surface area contributed by atoms with E-state index in [4.69, 9.17) is 0 Å². The number of nitrogens with one attached hydrogen (secondary N) is 2. The molecule has 1 fully saturated rings. The minimum atomic E-state index is -0.0492. The molecule has 0 unspecified atom stereocenters. The third-order valence-corrected chi connectivity index (χ3v) is 2.92. The monoisotopic (exact) mass is 212 g/mol. The summed E-state index contributed by atoms with van der Waals surface area (Å²) in [6, 6.07) is 0.297. The summed E-state index contributed by atoms with van der Waals surface area (Å²) in [4.78, 5) is 12.2. The maximum Gasteiger partial charge on any atom is 0.264 e. The van der Waals surface area contributed by atoms with Crippen molar-refractivity contribution in [1.82, 2.24) is 20.2 Å². The Morgan fingerprint density at radius 2 is 2.36 bits per heavy atom. The summed E-state index contributed by atoms with van der Waals surface area (Å²) in [5.74, 6) is -0.0492. The van der Waals surface area contributed by atoms with Crippen LogP contribution in [-0.4, -0.2) is 34.6 Å². The molecule has 0 radical (unpaired) electrons. The molecule has 1 saturated heterocycles. The van der Waals surface area contributed by atoms with Crippen molar-refractivity contribution in [3.05, 3.63) is 11.1 Å². The van der Waals surface area contributed by atoms with Gasteiger partial charge in [-0.15, -0.1) is 5.10 Å². The predicted molar refractivity (Wildman–Crippen MR) is 53.3 cm³/mol. The number of nitrogens with zero attached hydrogens (tertiary/aromatic N) is 2. The topological polar surface area (TPSA) is 66.9 Å². The highest BCUT2D eigenvalue weighted by Gasteiger charge is 2.17. The first-order valence-electron chi connectivity index (χ1n) is 4.65. The molecule has 5 nitrogen and oxygen atoms in total. The molecule has 2 N–H and O–H groups in total. The Morgan fingerprint density at radius 1 is 1.57 bits per heavy atom. The third-order valence-electron chi connectivity index (χ3n) is 2.26. The Kier molecular flexibility index (Phi) is 3.05. The van der Waals surface area contributed by atoms with E-state index in [-0.39, 0.29) is 5.91 Å². The van der Waals surface area contributed by atoms with Crippen molar-refractivity contribution in [3.63, 3.8) is 0 Å². The van der Waals surface area contributed by atoms with Gasteiger partial charge in [0.2, 0.25) is 0 Å². The van der Waals surface area contributed by atoms with Gasteiger partial charge in [0.05, 0.1) is 6.20 Å². The van der Waals surface area contributed by atoms with Gasteiger partial charge in [-0.1, -0.05) is 4.49 Å². The molecule has 1 aromatic rings. The van der Waals surface area contributed by atoms with Crippen LogP contribution in [0, 0.1) is 0 Å². The van der Waals surface area contributed by atoms with Gasteiger partial charge in [-0.2, -0.15) is 0 Å².